The smallest absolute Gasteiger partial charge is 0.276 e. The predicted octanol–water partition coefficient (Wildman–Crippen LogP) is 3.73. The number of ether oxygens (including phenoxy) is 2. The number of hydrogen-bond donors (Lipinski definition) is 1. The van der Waals surface area contributed by atoms with E-state index in [1.165, 1.54) is 12.1 Å². The van der Waals surface area contributed by atoms with E-state index >= 15 is 0 Å². The van der Waals surface area contributed by atoms with Gasteiger partial charge in [-0.25, -0.2) is 4.39 Å². The number of aromatic nitrogens is 2. The molecule has 2 aromatic carbocycles. The highest BCUT2D eigenvalue weighted by molar-refractivity contribution is 6.03. The van der Waals surface area contributed by atoms with Gasteiger partial charge < -0.3 is 14.8 Å². The summed E-state index contributed by atoms with van der Waals surface area (Å²) < 4.78 is 26.2. The van der Waals surface area contributed by atoms with Crippen LogP contribution in [0, 0.1) is 5.82 Å². The quantitative estimate of drug-likeness (QED) is 0.763. The standard InChI is InChI=1S/C20H18FN3O3/c1-2-24-17(13-4-3-5-14(21)10-13)12-16(23-24)20(25)22-15-6-7-18-19(11-15)27-9-8-26-18/h3-7,10-12H,2,8-9H2,1H3,(H,22,25). The van der Waals surface area contributed by atoms with Crippen molar-refractivity contribution < 1.29 is 18.7 Å². The van der Waals surface area contributed by atoms with Gasteiger partial charge in [0.15, 0.2) is 17.2 Å². The molecule has 4 rings (SSSR count). The molecule has 0 unspecified atom stereocenters. The van der Waals surface area contributed by atoms with E-state index in [4.69, 9.17) is 9.47 Å². The van der Waals surface area contributed by atoms with Gasteiger partial charge >= 0.3 is 0 Å². The molecular weight excluding hydrogens is 349 g/mol. The monoisotopic (exact) mass is 367 g/mol. The van der Waals surface area contributed by atoms with Crippen molar-refractivity contribution in [2.24, 2.45) is 0 Å². The summed E-state index contributed by atoms with van der Waals surface area (Å²) in [5, 5.41) is 7.16. The Hall–Kier alpha value is -3.35. The molecule has 3 aromatic rings. The summed E-state index contributed by atoms with van der Waals surface area (Å²) in [6.45, 7) is 3.46. The fourth-order valence-electron chi connectivity index (χ4n) is 2.97. The van der Waals surface area contributed by atoms with Gasteiger partial charge in [0, 0.05) is 23.9 Å². The van der Waals surface area contributed by atoms with E-state index in [1.807, 2.05) is 6.92 Å². The molecule has 1 aliphatic heterocycles. The van der Waals surface area contributed by atoms with Crippen LogP contribution in [0.5, 0.6) is 11.5 Å². The Labute approximate surface area is 155 Å². The van der Waals surface area contributed by atoms with E-state index in [0.717, 1.165) is 0 Å². The van der Waals surface area contributed by atoms with Crippen LogP contribution in [-0.2, 0) is 6.54 Å². The first-order valence-corrected chi connectivity index (χ1v) is 8.69. The number of nitrogens with one attached hydrogen (secondary N) is 1. The first-order valence-electron chi connectivity index (χ1n) is 8.69. The second-order valence-corrected chi connectivity index (χ2v) is 6.05. The third kappa shape index (κ3) is 3.48. The van der Waals surface area contributed by atoms with Gasteiger partial charge in [-0.2, -0.15) is 5.10 Å². The maximum absolute atomic E-state index is 13.5. The van der Waals surface area contributed by atoms with Crippen LogP contribution < -0.4 is 14.8 Å². The molecule has 27 heavy (non-hydrogen) atoms. The van der Waals surface area contributed by atoms with E-state index in [-0.39, 0.29) is 17.4 Å². The molecular formula is C20H18FN3O3. The molecule has 0 saturated heterocycles. The second kappa shape index (κ2) is 7.11. The van der Waals surface area contributed by atoms with Crippen LogP contribution >= 0.6 is 0 Å². The minimum absolute atomic E-state index is 0.256. The Morgan fingerprint density at radius 3 is 2.74 bits per heavy atom. The maximum atomic E-state index is 13.5. The summed E-state index contributed by atoms with van der Waals surface area (Å²) in [5.74, 6) is 0.566. The third-order valence-electron chi connectivity index (χ3n) is 4.23. The number of amides is 1. The lowest BCUT2D eigenvalue weighted by Crippen LogP contribution is -2.16. The highest BCUT2D eigenvalue weighted by Crippen LogP contribution is 2.32. The molecule has 0 radical (unpaired) electrons. The van der Waals surface area contributed by atoms with Crippen LogP contribution in [0.25, 0.3) is 11.3 Å². The van der Waals surface area contributed by atoms with Gasteiger partial charge in [0.1, 0.15) is 19.0 Å². The molecule has 0 fully saturated rings. The zero-order valence-electron chi connectivity index (χ0n) is 14.7. The van der Waals surface area contributed by atoms with Gasteiger partial charge in [0.05, 0.1) is 5.69 Å². The Kier molecular flexibility index (Phi) is 4.50. The first-order chi connectivity index (χ1) is 13.1. The van der Waals surface area contributed by atoms with E-state index < -0.39 is 0 Å². The minimum Gasteiger partial charge on any atom is -0.486 e. The summed E-state index contributed by atoms with van der Waals surface area (Å²) in [6, 6.07) is 13.1. The predicted molar refractivity (Wildman–Crippen MR) is 98.7 cm³/mol. The SMILES string of the molecule is CCn1nc(C(=O)Nc2ccc3c(c2)OCCO3)cc1-c1cccc(F)c1. The largest absolute Gasteiger partial charge is 0.486 e. The van der Waals surface area contributed by atoms with Crippen LogP contribution in [0.2, 0.25) is 0 Å². The summed E-state index contributed by atoms with van der Waals surface area (Å²) >= 11 is 0. The molecule has 6 nitrogen and oxygen atoms in total. The van der Waals surface area contributed by atoms with Gasteiger partial charge in [-0.15, -0.1) is 0 Å². The average Bonchev–Trinajstić information content (AvgIpc) is 3.12. The van der Waals surface area contributed by atoms with E-state index in [9.17, 15) is 9.18 Å². The van der Waals surface area contributed by atoms with Gasteiger partial charge in [0.2, 0.25) is 0 Å². The number of rotatable bonds is 4. The van der Waals surface area contributed by atoms with Crippen molar-refractivity contribution in [2.75, 3.05) is 18.5 Å². The lowest BCUT2D eigenvalue weighted by atomic mass is 10.1. The van der Waals surface area contributed by atoms with Crippen LogP contribution in [0.3, 0.4) is 0 Å². The van der Waals surface area contributed by atoms with Crippen molar-refractivity contribution in [3.63, 3.8) is 0 Å². The molecule has 2 heterocycles. The molecule has 1 aromatic heterocycles. The van der Waals surface area contributed by atoms with Crippen molar-refractivity contribution in [1.82, 2.24) is 9.78 Å². The number of carbonyl (C=O) groups excluding carboxylic acids is 1. The topological polar surface area (TPSA) is 65.4 Å². The summed E-state index contributed by atoms with van der Waals surface area (Å²) in [7, 11) is 0. The second-order valence-electron chi connectivity index (χ2n) is 6.05. The zero-order valence-corrected chi connectivity index (χ0v) is 14.7. The Morgan fingerprint density at radius 2 is 1.96 bits per heavy atom. The molecule has 0 bridgehead atoms. The van der Waals surface area contributed by atoms with E-state index in [1.54, 1.807) is 41.1 Å². The highest BCUT2D eigenvalue weighted by Gasteiger charge is 2.17. The van der Waals surface area contributed by atoms with Gasteiger partial charge in [0.25, 0.3) is 5.91 Å². The Balaban J connectivity index is 1.59. The molecule has 0 saturated carbocycles. The van der Waals surface area contributed by atoms with Gasteiger partial charge in [-0.05, 0) is 37.3 Å². The van der Waals surface area contributed by atoms with Crippen LogP contribution in [0.15, 0.2) is 48.5 Å². The third-order valence-corrected chi connectivity index (χ3v) is 4.23. The average molecular weight is 367 g/mol. The summed E-state index contributed by atoms with van der Waals surface area (Å²) in [5.41, 5.74) is 2.20. The summed E-state index contributed by atoms with van der Waals surface area (Å²) in [6.07, 6.45) is 0. The van der Waals surface area contributed by atoms with Crippen molar-refractivity contribution >= 4 is 11.6 Å². The van der Waals surface area contributed by atoms with Crippen LogP contribution in [0.1, 0.15) is 17.4 Å². The number of benzene rings is 2. The zero-order chi connectivity index (χ0) is 18.8. The molecule has 1 amide bonds. The van der Waals surface area contributed by atoms with Crippen molar-refractivity contribution in [3.8, 4) is 22.8 Å². The molecule has 0 aliphatic carbocycles. The fraction of sp³-hybridized carbons (Fsp3) is 0.200. The highest BCUT2D eigenvalue weighted by atomic mass is 19.1. The number of carbonyl (C=O) groups is 1. The normalized spacial score (nSPS) is 12.7. The minimum atomic E-state index is -0.350. The van der Waals surface area contributed by atoms with Gasteiger partial charge in [-0.1, -0.05) is 12.1 Å². The molecule has 0 spiro atoms. The first kappa shape index (κ1) is 17.1. The van der Waals surface area contributed by atoms with Crippen LogP contribution in [-0.4, -0.2) is 28.9 Å². The number of fused-ring (bicyclic) bond motifs is 1. The number of aryl methyl sites for hydroxylation is 1. The number of nitrogens with zero attached hydrogens (tertiary/aromatic N) is 2. The molecule has 138 valence electrons. The fourth-order valence-corrected chi connectivity index (χ4v) is 2.97. The van der Waals surface area contributed by atoms with E-state index in [2.05, 4.69) is 10.4 Å². The van der Waals surface area contributed by atoms with E-state index in [0.29, 0.717) is 48.2 Å². The Bertz CT molecular complexity index is 1000. The Morgan fingerprint density at radius 1 is 1.15 bits per heavy atom. The molecule has 1 aliphatic rings. The van der Waals surface area contributed by atoms with Gasteiger partial charge in [-0.3, -0.25) is 9.48 Å². The maximum Gasteiger partial charge on any atom is 0.276 e. The molecule has 0 atom stereocenters. The van der Waals surface area contributed by atoms with Crippen LogP contribution in [0.4, 0.5) is 10.1 Å². The lowest BCUT2D eigenvalue weighted by Gasteiger charge is -2.18. The lowest BCUT2D eigenvalue weighted by molar-refractivity contribution is 0.102. The summed E-state index contributed by atoms with van der Waals surface area (Å²) in [4.78, 5) is 12.6. The number of halogens is 1. The van der Waals surface area contributed by atoms with Crippen molar-refractivity contribution in [1.29, 1.82) is 0 Å². The number of hydrogen-bond acceptors (Lipinski definition) is 4. The number of anilines is 1. The molecule has 1 N–H and O–H groups in total. The van der Waals surface area contributed by atoms with Crippen molar-refractivity contribution in [2.45, 2.75) is 13.5 Å². The molecule has 7 heteroatoms. The van der Waals surface area contributed by atoms with Crippen molar-refractivity contribution in [3.05, 3.63) is 60.0 Å².